The highest BCUT2D eigenvalue weighted by molar-refractivity contribution is 7.12. The van der Waals surface area contributed by atoms with Crippen LogP contribution in [-0.2, 0) is 15.0 Å². The first-order valence-electron chi connectivity index (χ1n) is 11.1. The van der Waals surface area contributed by atoms with E-state index in [9.17, 15) is 14.4 Å². The van der Waals surface area contributed by atoms with Gasteiger partial charge in [-0.05, 0) is 48.2 Å². The van der Waals surface area contributed by atoms with Crippen molar-refractivity contribution in [2.45, 2.75) is 24.4 Å². The molecule has 1 aromatic heterocycles. The number of nitrogens with zero attached hydrogens (tertiary/aromatic N) is 1. The van der Waals surface area contributed by atoms with Gasteiger partial charge in [-0.3, -0.25) is 14.4 Å². The lowest BCUT2D eigenvalue weighted by molar-refractivity contribution is -0.122. The summed E-state index contributed by atoms with van der Waals surface area (Å²) in [6.07, 6.45) is 3.92. The van der Waals surface area contributed by atoms with E-state index >= 15 is 0 Å². The number of amides is 1. The molecule has 0 aliphatic carbocycles. The second kappa shape index (κ2) is 7.40. The largest absolute Gasteiger partial charge is 0.497 e. The molecule has 1 spiro atoms. The second-order valence-electron chi connectivity index (χ2n) is 8.88. The fourth-order valence-electron chi connectivity index (χ4n) is 6.01. The molecule has 1 fully saturated rings. The summed E-state index contributed by atoms with van der Waals surface area (Å²) in [6, 6.07) is 15.4. The number of ether oxygens (including phenoxy) is 1. The number of benzene rings is 2. The Bertz CT molecular complexity index is 1380. The van der Waals surface area contributed by atoms with Gasteiger partial charge in [0.15, 0.2) is 11.6 Å². The number of methoxy groups -OCH3 is 1. The van der Waals surface area contributed by atoms with Crippen molar-refractivity contribution in [3.05, 3.63) is 82.1 Å². The molecule has 3 aromatic rings. The predicted octanol–water partition coefficient (Wildman–Crippen LogP) is 4.32. The zero-order valence-electron chi connectivity index (χ0n) is 18.6. The van der Waals surface area contributed by atoms with Crippen molar-refractivity contribution < 1.29 is 19.1 Å². The van der Waals surface area contributed by atoms with Crippen molar-refractivity contribution in [1.29, 1.82) is 0 Å². The van der Waals surface area contributed by atoms with Crippen LogP contribution in [0, 0.1) is 5.92 Å². The SMILES string of the molecule is COc1ccc2c(c1)C=C[C@H]1N2[C@@H](C(C)=O)[C@@H](C(=O)c2cccs2)[C@]12C(=O)Nc1ccccc12. The van der Waals surface area contributed by atoms with E-state index in [0.29, 0.717) is 16.3 Å². The average molecular weight is 471 g/mol. The van der Waals surface area contributed by atoms with Crippen LogP contribution < -0.4 is 15.0 Å². The molecule has 34 heavy (non-hydrogen) atoms. The molecule has 1 amide bonds. The first kappa shape index (κ1) is 20.9. The summed E-state index contributed by atoms with van der Waals surface area (Å²) in [4.78, 5) is 43.9. The monoisotopic (exact) mass is 470 g/mol. The molecule has 7 heteroatoms. The number of carbonyl (C=O) groups is 3. The van der Waals surface area contributed by atoms with Crippen molar-refractivity contribution in [3.63, 3.8) is 0 Å². The van der Waals surface area contributed by atoms with Crippen LogP contribution in [-0.4, -0.2) is 36.7 Å². The maximum Gasteiger partial charge on any atom is 0.238 e. The van der Waals surface area contributed by atoms with Crippen LogP contribution in [0.15, 0.2) is 66.1 Å². The molecule has 3 aliphatic heterocycles. The third-order valence-corrected chi connectivity index (χ3v) is 8.19. The van der Waals surface area contributed by atoms with Gasteiger partial charge in [0.1, 0.15) is 11.2 Å². The van der Waals surface area contributed by atoms with Crippen LogP contribution in [0.1, 0.15) is 27.7 Å². The van der Waals surface area contributed by atoms with Gasteiger partial charge < -0.3 is 15.0 Å². The first-order valence-corrected chi connectivity index (χ1v) is 12.0. The minimum absolute atomic E-state index is 0.147. The minimum Gasteiger partial charge on any atom is -0.497 e. The van der Waals surface area contributed by atoms with Crippen LogP contribution in [0.25, 0.3) is 6.08 Å². The van der Waals surface area contributed by atoms with Crippen molar-refractivity contribution in [1.82, 2.24) is 0 Å². The van der Waals surface area contributed by atoms with Crippen LogP contribution in [0.3, 0.4) is 0 Å². The fraction of sp³-hybridized carbons (Fsp3) is 0.222. The maximum absolute atomic E-state index is 14.1. The van der Waals surface area contributed by atoms with Gasteiger partial charge in [0, 0.05) is 16.9 Å². The van der Waals surface area contributed by atoms with E-state index in [4.69, 9.17) is 4.74 Å². The number of Topliss-reactive ketones (excluding diaryl/α,β-unsaturated/α-hetero) is 2. The Morgan fingerprint density at radius 2 is 1.94 bits per heavy atom. The molecule has 0 unspecified atom stereocenters. The number of anilines is 2. The molecule has 0 saturated carbocycles. The Kier molecular flexibility index (Phi) is 4.54. The first-order chi connectivity index (χ1) is 16.5. The summed E-state index contributed by atoms with van der Waals surface area (Å²) in [5.74, 6) is -0.754. The summed E-state index contributed by atoms with van der Waals surface area (Å²) in [7, 11) is 1.61. The van der Waals surface area contributed by atoms with Gasteiger partial charge in [-0.2, -0.15) is 0 Å². The number of hydrogen-bond acceptors (Lipinski definition) is 6. The topological polar surface area (TPSA) is 75.7 Å². The van der Waals surface area contributed by atoms with Crippen molar-refractivity contribution in [3.8, 4) is 5.75 Å². The van der Waals surface area contributed by atoms with Crippen molar-refractivity contribution in [2.75, 3.05) is 17.3 Å². The third kappa shape index (κ3) is 2.58. The minimum atomic E-state index is -1.23. The van der Waals surface area contributed by atoms with E-state index in [1.165, 1.54) is 18.3 Å². The zero-order valence-corrected chi connectivity index (χ0v) is 19.5. The summed E-state index contributed by atoms with van der Waals surface area (Å²) in [6.45, 7) is 1.51. The van der Waals surface area contributed by atoms with Gasteiger partial charge >= 0.3 is 0 Å². The molecular weight excluding hydrogens is 448 g/mol. The number of carbonyl (C=O) groups excluding carboxylic acids is 3. The highest BCUT2D eigenvalue weighted by Gasteiger charge is 2.69. The number of rotatable bonds is 4. The van der Waals surface area contributed by atoms with Crippen LogP contribution in [0.4, 0.5) is 11.4 Å². The van der Waals surface area contributed by atoms with Crippen LogP contribution in [0.2, 0.25) is 0 Å². The standard InChI is InChI=1S/C27H22N2O4S/c1-15(30)24-23(25(31)21-8-5-13-34-21)27(18-6-3-4-7-19(18)28-26(27)32)22-12-9-16-14-17(33-2)10-11-20(16)29(22)24/h3-14,22-24H,1-2H3,(H,28,32)/t22-,23+,24+,27-/m1/s1. The average Bonchev–Trinajstić information content (AvgIpc) is 3.55. The lowest BCUT2D eigenvalue weighted by atomic mass is 9.65. The normalized spacial score (nSPS) is 26.1. The van der Waals surface area contributed by atoms with Crippen molar-refractivity contribution in [2.24, 2.45) is 5.92 Å². The number of hydrogen-bond donors (Lipinski definition) is 1. The fourth-order valence-corrected chi connectivity index (χ4v) is 6.71. The van der Waals surface area contributed by atoms with Gasteiger partial charge in [-0.25, -0.2) is 0 Å². The van der Waals surface area contributed by atoms with E-state index in [1.54, 1.807) is 13.2 Å². The lowest BCUT2D eigenvalue weighted by Gasteiger charge is -2.37. The summed E-state index contributed by atoms with van der Waals surface area (Å²) < 4.78 is 5.39. The Labute approximate surface area is 200 Å². The Morgan fingerprint density at radius 1 is 1.12 bits per heavy atom. The van der Waals surface area contributed by atoms with Crippen LogP contribution >= 0.6 is 11.3 Å². The number of nitrogens with one attached hydrogen (secondary N) is 1. The molecule has 0 radical (unpaired) electrons. The smallest absolute Gasteiger partial charge is 0.238 e. The Hall–Kier alpha value is -3.71. The molecule has 2 aromatic carbocycles. The number of ketones is 2. The lowest BCUT2D eigenvalue weighted by Crippen LogP contribution is -2.51. The van der Waals surface area contributed by atoms with Gasteiger partial charge in [0.2, 0.25) is 5.91 Å². The second-order valence-corrected chi connectivity index (χ2v) is 9.83. The van der Waals surface area contributed by atoms with E-state index in [1.807, 2.05) is 71.0 Å². The van der Waals surface area contributed by atoms with E-state index in [0.717, 1.165) is 16.8 Å². The van der Waals surface area contributed by atoms with Crippen LogP contribution in [0.5, 0.6) is 5.75 Å². The summed E-state index contributed by atoms with van der Waals surface area (Å²) in [5, 5.41) is 4.86. The number of thiophene rings is 1. The quantitative estimate of drug-likeness (QED) is 0.575. The molecule has 4 heterocycles. The van der Waals surface area contributed by atoms with Gasteiger partial charge in [-0.1, -0.05) is 36.4 Å². The molecule has 6 nitrogen and oxygen atoms in total. The van der Waals surface area contributed by atoms with Gasteiger partial charge in [-0.15, -0.1) is 11.3 Å². The molecule has 170 valence electrons. The van der Waals surface area contributed by atoms with E-state index < -0.39 is 23.4 Å². The molecule has 1 saturated heterocycles. The molecule has 4 atom stereocenters. The highest BCUT2D eigenvalue weighted by atomic mass is 32.1. The molecule has 6 rings (SSSR count). The molecule has 0 bridgehead atoms. The van der Waals surface area contributed by atoms with Crippen molar-refractivity contribution >= 4 is 46.3 Å². The van der Waals surface area contributed by atoms with E-state index in [2.05, 4.69) is 5.32 Å². The maximum atomic E-state index is 14.1. The molecule has 1 N–H and O–H groups in total. The Morgan fingerprint density at radius 3 is 2.68 bits per heavy atom. The molecular formula is C27H22N2O4S. The van der Waals surface area contributed by atoms with E-state index in [-0.39, 0.29) is 17.5 Å². The summed E-state index contributed by atoms with van der Waals surface area (Å²) >= 11 is 1.33. The Balaban J connectivity index is 1.65. The zero-order chi connectivity index (χ0) is 23.6. The van der Waals surface area contributed by atoms with Gasteiger partial charge in [0.05, 0.1) is 30.0 Å². The summed E-state index contributed by atoms with van der Waals surface area (Å²) in [5.41, 5.74) is 1.91. The predicted molar refractivity (Wildman–Crippen MR) is 132 cm³/mol. The number of fused-ring (bicyclic) bond motifs is 6. The third-order valence-electron chi connectivity index (χ3n) is 7.30. The number of para-hydroxylation sites is 1. The molecule has 3 aliphatic rings. The van der Waals surface area contributed by atoms with Gasteiger partial charge in [0.25, 0.3) is 0 Å². The highest BCUT2D eigenvalue weighted by Crippen LogP contribution is 2.58.